The van der Waals surface area contributed by atoms with E-state index in [0.717, 1.165) is 19.3 Å². The SMILES string of the molecule is CCCCCCCCCC(C(=O)[O-])C(=O)[O-].[Li+].[Na+]. The maximum absolute atomic E-state index is 10.4. The Bertz CT molecular complexity index is 210. The predicted octanol–water partition coefficient (Wildman–Crippen LogP) is -5.75. The van der Waals surface area contributed by atoms with Crippen LogP contribution in [0.4, 0.5) is 0 Å². The smallest absolute Gasteiger partial charge is 0.549 e. The minimum absolute atomic E-state index is 0. The van der Waals surface area contributed by atoms with Crippen LogP contribution in [0.5, 0.6) is 0 Å². The average molecular weight is 258 g/mol. The Hall–Kier alpha value is 0.537. The zero-order valence-corrected chi connectivity index (χ0v) is 13.9. The van der Waals surface area contributed by atoms with Crippen LogP contribution in [0, 0.1) is 5.92 Å². The van der Waals surface area contributed by atoms with Crippen LogP contribution in [-0.2, 0) is 9.59 Å². The summed E-state index contributed by atoms with van der Waals surface area (Å²) < 4.78 is 0. The van der Waals surface area contributed by atoms with Crippen molar-refractivity contribution in [2.24, 2.45) is 5.92 Å². The Kier molecular flexibility index (Phi) is 20.5. The first-order chi connectivity index (χ1) is 7.59. The molecule has 18 heavy (non-hydrogen) atoms. The monoisotopic (exact) mass is 258 g/mol. The largest absolute Gasteiger partial charge is 1.00 e. The molecule has 0 N–H and O–H groups in total. The van der Waals surface area contributed by atoms with Crippen LogP contribution in [0.15, 0.2) is 0 Å². The van der Waals surface area contributed by atoms with Gasteiger partial charge in [0.2, 0.25) is 0 Å². The van der Waals surface area contributed by atoms with Gasteiger partial charge >= 0.3 is 48.4 Å². The first-order valence-electron chi connectivity index (χ1n) is 6.01. The summed E-state index contributed by atoms with van der Waals surface area (Å²) >= 11 is 0. The second-order valence-corrected chi connectivity index (χ2v) is 4.10. The topological polar surface area (TPSA) is 80.3 Å². The molecule has 0 aromatic rings. The summed E-state index contributed by atoms with van der Waals surface area (Å²) in [7, 11) is 0. The quantitative estimate of drug-likeness (QED) is 0.222. The van der Waals surface area contributed by atoms with Gasteiger partial charge in [-0.2, -0.15) is 0 Å². The van der Waals surface area contributed by atoms with Crippen molar-refractivity contribution in [3.63, 3.8) is 0 Å². The van der Waals surface area contributed by atoms with Gasteiger partial charge in [0.15, 0.2) is 0 Å². The second-order valence-electron chi connectivity index (χ2n) is 4.10. The Morgan fingerprint density at radius 2 is 1.28 bits per heavy atom. The molecule has 0 saturated heterocycles. The van der Waals surface area contributed by atoms with Gasteiger partial charge in [0, 0.05) is 5.92 Å². The minimum atomic E-state index is -1.54. The Morgan fingerprint density at radius 3 is 1.67 bits per heavy atom. The first-order valence-corrected chi connectivity index (χ1v) is 6.01. The number of unbranched alkanes of at least 4 members (excludes halogenated alkanes) is 6. The number of carbonyl (C=O) groups is 2. The maximum Gasteiger partial charge on any atom is 1.00 e. The van der Waals surface area contributed by atoms with Crippen LogP contribution in [0.25, 0.3) is 0 Å². The standard InChI is InChI=1S/C12H22O4.Li.Na/c1-2-3-4-5-6-7-8-9-10(11(13)14)12(15)16;;/h10H,2-9H2,1H3,(H,13,14)(H,15,16);;/q;2*+1/p-2. The van der Waals surface area contributed by atoms with Crippen molar-refractivity contribution in [1.29, 1.82) is 0 Å². The van der Waals surface area contributed by atoms with E-state index >= 15 is 0 Å². The molecular formula is C12H20LiNaO4. The summed E-state index contributed by atoms with van der Waals surface area (Å²) in [5.41, 5.74) is 0. The molecule has 0 aliphatic rings. The van der Waals surface area contributed by atoms with Crippen molar-refractivity contribution < 1.29 is 68.2 Å². The third kappa shape index (κ3) is 13.0. The van der Waals surface area contributed by atoms with Gasteiger partial charge in [-0.05, 0) is 6.42 Å². The van der Waals surface area contributed by atoms with Crippen molar-refractivity contribution >= 4 is 11.9 Å². The van der Waals surface area contributed by atoms with Crippen LogP contribution in [0.2, 0.25) is 0 Å². The normalized spacial score (nSPS) is 9.44. The van der Waals surface area contributed by atoms with Crippen LogP contribution in [-0.4, -0.2) is 11.9 Å². The van der Waals surface area contributed by atoms with E-state index in [1.165, 1.54) is 19.3 Å². The fourth-order valence-electron chi connectivity index (χ4n) is 1.64. The summed E-state index contributed by atoms with van der Waals surface area (Å²) in [6, 6.07) is 0. The molecule has 94 valence electrons. The van der Waals surface area contributed by atoms with Crippen LogP contribution < -0.4 is 58.6 Å². The van der Waals surface area contributed by atoms with Gasteiger partial charge in [0.25, 0.3) is 0 Å². The summed E-state index contributed by atoms with van der Waals surface area (Å²) in [5.74, 6) is -4.52. The number of rotatable bonds is 10. The molecule has 0 aliphatic carbocycles. The van der Waals surface area contributed by atoms with Gasteiger partial charge in [0.05, 0.1) is 11.9 Å². The molecule has 0 bridgehead atoms. The Balaban J connectivity index is -0.00000112. The van der Waals surface area contributed by atoms with E-state index in [1.54, 1.807) is 0 Å². The fourth-order valence-corrected chi connectivity index (χ4v) is 1.64. The number of hydrogen-bond acceptors (Lipinski definition) is 4. The molecule has 0 fully saturated rings. The third-order valence-electron chi connectivity index (χ3n) is 2.67. The van der Waals surface area contributed by atoms with Crippen molar-refractivity contribution in [3.05, 3.63) is 0 Å². The van der Waals surface area contributed by atoms with Crippen LogP contribution in [0.1, 0.15) is 58.3 Å². The van der Waals surface area contributed by atoms with E-state index in [4.69, 9.17) is 0 Å². The van der Waals surface area contributed by atoms with E-state index in [2.05, 4.69) is 6.92 Å². The van der Waals surface area contributed by atoms with Crippen molar-refractivity contribution in [1.82, 2.24) is 0 Å². The van der Waals surface area contributed by atoms with Gasteiger partial charge in [-0.15, -0.1) is 0 Å². The number of aliphatic carboxylic acids is 2. The van der Waals surface area contributed by atoms with Gasteiger partial charge in [-0.1, -0.05) is 51.9 Å². The van der Waals surface area contributed by atoms with Gasteiger partial charge in [-0.25, -0.2) is 0 Å². The molecule has 0 aliphatic heterocycles. The van der Waals surface area contributed by atoms with Crippen molar-refractivity contribution in [3.8, 4) is 0 Å². The molecule has 0 heterocycles. The molecule has 0 rings (SSSR count). The molecule has 0 spiro atoms. The number of carbonyl (C=O) groups excluding carboxylic acids is 2. The third-order valence-corrected chi connectivity index (χ3v) is 2.67. The van der Waals surface area contributed by atoms with Gasteiger partial charge in [-0.3, -0.25) is 0 Å². The zero-order chi connectivity index (χ0) is 12.4. The van der Waals surface area contributed by atoms with E-state index < -0.39 is 17.9 Å². The molecule has 0 atom stereocenters. The summed E-state index contributed by atoms with van der Waals surface area (Å²) in [5, 5.41) is 20.8. The molecule has 4 nitrogen and oxygen atoms in total. The zero-order valence-electron chi connectivity index (χ0n) is 11.9. The second kappa shape index (κ2) is 15.6. The van der Waals surface area contributed by atoms with Crippen molar-refractivity contribution in [2.45, 2.75) is 58.3 Å². The van der Waals surface area contributed by atoms with Crippen LogP contribution in [0.3, 0.4) is 0 Å². The molecular weight excluding hydrogens is 238 g/mol. The summed E-state index contributed by atoms with van der Waals surface area (Å²) in [6.45, 7) is 2.14. The molecule has 0 amide bonds. The molecule has 0 unspecified atom stereocenters. The number of hydrogen-bond donors (Lipinski definition) is 0. The van der Waals surface area contributed by atoms with Gasteiger partial charge in [0.1, 0.15) is 0 Å². The van der Waals surface area contributed by atoms with Gasteiger partial charge < -0.3 is 19.8 Å². The van der Waals surface area contributed by atoms with E-state index in [9.17, 15) is 19.8 Å². The van der Waals surface area contributed by atoms with Crippen LogP contribution >= 0.6 is 0 Å². The van der Waals surface area contributed by atoms with Crippen molar-refractivity contribution in [2.75, 3.05) is 0 Å². The van der Waals surface area contributed by atoms with E-state index in [1.807, 2.05) is 0 Å². The molecule has 0 saturated carbocycles. The Labute approximate surface area is 143 Å². The number of carboxylic acid groups (broad SMARTS) is 2. The fraction of sp³-hybridized carbons (Fsp3) is 0.833. The summed E-state index contributed by atoms with van der Waals surface area (Å²) in [4.78, 5) is 20.8. The molecule has 6 heteroatoms. The summed E-state index contributed by atoms with van der Waals surface area (Å²) in [6.07, 6.45) is 7.39. The molecule has 0 aromatic heterocycles. The van der Waals surface area contributed by atoms with E-state index in [0.29, 0.717) is 6.42 Å². The predicted molar refractivity (Wildman–Crippen MR) is 56.1 cm³/mol. The molecule has 0 radical (unpaired) electrons. The number of carboxylic acids is 2. The first kappa shape index (κ1) is 23.6. The maximum atomic E-state index is 10.4. The molecule has 0 aromatic carbocycles. The average Bonchev–Trinajstić information content (AvgIpc) is 2.21. The van der Waals surface area contributed by atoms with E-state index in [-0.39, 0.29) is 54.8 Å². The Morgan fingerprint density at radius 1 is 0.889 bits per heavy atom. The minimum Gasteiger partial charge on any atom is -0.549 e.